The van der Waals surface area contributed by atoms with Crippen LogP contribution in [-0.2, 0) is 4.74 Å². The summed E-state index contributed by atoms with van der Waals surface area (Å²) >= 11 is 11.7. The molecule has 1 aromatic rings. The van der Waals surface area contributed by atoms with Crippen molar-refractivity contribution in [2.24, 2.45) is 0 Å². The first-order valence-corrected chi connectivity index (χ1v) is 6.12. The highest BCUT2D eigenvalue weighted by Gasteiger charge is 2.29. The van der Waals surface area contributed by atoms with Gasteiger partial charge in [-0.25, -0.2) is 0 Å². The van der Waals surface area contributed by atoms with Gasteiger partial charge in [0.2, 0.25) is 0 Å². The molecule has 1 fully saturated rings. The highest BCUT2D eigenvalue weighted by atomic mass is 35.5. The normalized spacial score (nSPS) is 27.0. The molecule has 2 nitrogen and oxygen atoms in total. The zero-order chi connectivity index (χ0) is 11.7. The van der Waals surface area contributed by atoms with Gasteiger partial charge in [0.15, 0.2) is 0 Å². The molecule has 0 amide bonds. The van der Waals surface area contributed by atoms with Gasteiger partial charge in [-0.05, 0) is 37.5 Å². The fourth-order valence-electron chi connectivity index (χ4n) is 1.98. The van der Waals surface area contributed by atoms with E-state index < -0.39 is 6.10 Å². The average Bonchev–Trinajstić information content (AvgIpc) is 2.68. The van der Waals surface area contributed by atoms with Gasteiger partial charge in [-0.1, -0.05) is 29.3 Å². The molecule has 0 spiro atoms. The van der Waals surface area contributed by atoms with Crippen molar-refractivity contribution in [1.82, 2.24) is 0 Å². The minimum atomic E-state index is -0.625. The van der Waals surface area contributed by atoms with Crippen LogP contribution in [0.5, 0.6) is 0 Å². The van der Waals surface area contributed by atoms with Gasteiger partial charge in [0.25, 0.3) is 0 Å². The quantitative estimate of drug-likeness (QED) is 0.881. The van der Waals surface area contributed by atoms with E-state index in [2.05, 4.69) is 0 Å². The van der Waals surface area contributed by atoms with Crippen LogP contribution in [0.2, 0.25) is 10.0 Å². The van der Waals surface area contributed by atoms with Crippen molar-refractivity contribution in [2.45, 2.75) is 38.1 Å². The topological polar surface area (TPSA) is 29.5 Å². The van der Waals surface area contributed by atoms with E-state index in [1.807, 2.05) is 6.92 Å². The summed E-state index contributed by atoms with van der Waals surface area (Å²) in [7, 11) is 0. The van der Waals surface area contributed by atoms with E-state index >= 15 is 0 Å². The smallest absolute Gasteiger partial charge is 0.105 e. The lowest BCUT2D eigenvalue weighted by molar-refractivity contribution is -0.0297. The van der Waals surface area contributed by atoms with Crippen molar-refractivity contribution in [3.63, 3.8) is 0 Å². The molecule has 0 saturated carbocycles. The maximum Gasteiger partial charge on any atom is 0.105 e. The minimum absolute atomic E-state index is 0.132. The largest absolute Gasteiger partial charge is 0.386 e. The maximum atomic E-state index is 10.1. The number of benzene rings is 1. The maximum absolute atomic E-state index is 10.1. The molecule has 1 N–H and O–H groups in total. The zero-order valence-electron chi connectivity index (χ0n) is 8.99. The second-order valence-corrected chi connectivity index (χ2v) is 5.00. The lowest BCUT2D eigenvalue weighted by Crippen LogP contribution is -2.18. The number of ether oxygens (including phenoxy) is 1. The van der Waals surface area contributed by atoms with Crippen molar-refractivity contribution in [2.75, 3.05) is 0 Å². The number of hydrogen-bond acceptors (Lipinski definition) is 2. The molecule has 1 aromatic carbocycles. The Kier molecular flexibility index (Phi) is 3.75. The molecule has 3 atom stereocenters. The van der Waals surface area contributed by atoms with Gasteiger partial charge in [-0.15, -0.1) is 0 Å². The molecular formula is C12H14Cl2O2. The van der Waals surface area contributed by atoms with E-state index in [-0.39, 0.29) is 12.2 Å². The Morgan fingerprint density at radius 1 is 1.31 bits per heavy atom. The highest BCUT2D eigenvalue weighted by molar-refractivity contribution is 6.42. The minimum Gasteiger partial charge on any atom is -0.386 e. The van der Waals surface area contributed by atoms with Gasteiger partial charge in [0, 0.05) is 0 Å². The van der Waals surface area contributed by atoms with Crippen LogP contribution in [0.4, 0.5) is 0 Å². The van der Waals surface area contributed by atoms with Crippen LogP contribution >= 0.6 is 23.2 Å². The third-order valence-corrected chi connectivity index (χ3v) is 3.64. The molecular weight excluding hydrogens is 247 g/mol. The molecule has 3 unspecified atom stereocenters. The molecule has 0 radical (unpaired) electrons. The third kappa shape index (κ3) is 2.51. The Morgan fingerprint density at radius 3 is 2.62 bits per heavy atom. The molecule has 1 heterocycles. The molecule has 88 valence electrons. The molecule has 1 aliphatic rings. The summed E-state index contributed by atoms with van der Waals surface area (Å²) in [5.41, 5.74) is 0.758. The summed E-state index contributed by atoms with van der Waals surface area (Å²) in [4.78, 5) is 0. The molecule has 1 aliphatic heterocycles. The Morgan fingerprint density at radius 2 is 2.06 bits per heavy atom. The summed E-state index contributed by atoms with van der Waals surface area (Å²) in [6.07, 6.45) is 1.33. The fraction of sp³-hybridized carbons (Fsp3) is 0.500. The van der Waals surface area contributed by atoms with E-state index in [4.69, 9.17) is 27.9 Å². The number of aliphatic hydroxyl groups is 1. The van der Waals surface area contributed by atoms with Crippen molar-refractivity contribution in [3.05, 3.63) is 33.8 Å². The van der Waals surface area contributed by atoms with Gasteiger partial charge < -0.3 is 9.84 Å². The second-order valence-electron chi connectivity index (χ2n) is 4.18. The summed E-state index contributed by atoms with van der Waals surface area (Å²) < 4.78 is 5.62. The van der Waals surface area contributed by atoms with Crippen molar-refractivity contribution >= 4 is 23.2 Å². The SMILES string of the molecule is CC1CCC(C(O)c2ccc(Cl)c(Cl)c2)O1. The first-order chi connectivity index (χ1) is 7.58. The van der Waals surface area contributed by atoms with Crippen LogP contribution in [0.25, 0.3) is 0 Å². The molecule has 2 rings (SSSR count). The predicted molar refractivity (Wildman–Crippen MR) is 65.0 cm³/mol. The summed E-state index contributed by atoms with van der Waals surface area (Å²) in [6.45, 7) is 2.02. The molecule has 1 saturated heterocycles. The van der Waals surface area contributed by atoms with E-state index in [1.165, 1.54) is 0 Å². The van der Waals surface area contributed by atoms with Gasteiger partial charge in [-0.3, -0.25) is 0 Å². The predicted octanol–water partition coefficient (Wildman–Crippen LogP) is 3.59. The molecule has 16 heavy (non-hydrogen) atoms. The molecule has 0 aromatic heterocycles. The number of hydrogen-bond donors (Lipinski definition) is 1. The highest BCUT2D eigenvalue weighted by Crippen LogP contribution is 2.32. The van der Waals surface area contributed by atoms with Gasteiger partial charge in [0.1, 0.15) is 6.10 Å². The van der Waals surface area contributed by atoms with Crippen LogP contribution in [0, 0.1) is 0 Å². The van der Waals surface area contributed by atoms with E-state index in [0.717, 1.165) is 18.4 Å². The van der Waals surface area contributed by atoms with E-state index in [0.29, 0.717) is 10.0 Å². The third-order valence-electron chi connectivity index (χ3n) is 2.90. The van der Waals surface area contributed by atoms with Crippen LogP contribution in [0.3, 0.4) is 0 Å². The summed E-state index contributed by atoms with van der Waals surface area (Å²) in [6, 6.07) is 5.17. The Hall–Kier alpha value is -0.280. The van der Waals surface area contributed by atoms with Gasteiger partial charge in [-0.2, -0.15) is 0 Å². The average molecular weight is 261 g/mol. The van der Waals surface area contributed by atoms with Gasteiger partial charge >= 0.3 is 0 Å². The number of halogens is 2. The monoisotopic (exact) mass is 260 g/mol. The van der Waals surface area contributed by atoms with Crippen LogP contribution in [0.1, 0.15) is 31.4 Å². The Labute approximate surface area is 105 Å². The fourth-order valence-corrected chi connectivity index (χ4v) is 2.28. The van der Waals surface area contributed by atoms with Crippen molar-refractivity contribution in [1.29, 1.82) is 0 Å². The lowest BCUT2D eigenvalue weighted by Gasteiger charge is -2.19. The van der Waals surface area contributed by atoms with E-state index in [9.17, 15) is 5.11 Å². The molecule has 4 heteroatoms. The number of aliphatic hydroxyl groups excluding tert-OH is 1. The second kappa shape index (κ2) is 4.92. The van der Waals surface area contributed by atoms with Crippen molar-refractivity contribution < 1.29 is 9.84 Å². The first-order valence-electron chi connectivity index (χ1n) is 5.36. The Balaban J connectivity index is 2.14. The van der Waals surface area contributed by atoms with Crippen LogP contribution < -0.4 is 0 Å². The van der Waals surface area contributed by atoms with E-state index in [1.54, 1.807) is 18.2 Å². The summed E-state index contributed by atoms with van der Waals surface area (Å²) in [5, 5.41) is 11.1. The van der Waals surface area contributed by atoms with Crippen LogP contribution in [-0.4, -0.2) is 17.3 Å². The van der Waals surface area contributed by atoms with Gasteiger partial charge in [0.05, 0.1) is 22.3 Å². The van der Waals surface area contributed by atoms with Crippen LogP contribution in [0.15, 0.2) is 18.2 Å². The first kappa shape index (κ1) is 12.2. The summed E-state index contributed by atoms with van der Waals surface area (Å²) in [5.74, 6) is 0. The standard InChI is InChI=1S/C12H14Cl2O2/c1-7-2-5-11(16-7)12(15)8-3-4-9(13)10(14)6-8/h3-4,6-7,11-12,15H,2,5H2,1H3. The lowest BCUT2D eigenvalue weighted by atomic mass is 10.0. The molecule has 0 bridgehead atoms. The molecule has 0 aliphatic carbocycles. The Bertz CT molecular complexity index is 381. The zero-order valence-corrected chi connectivity index (χ0v) is 10.5. The number of rotatable bonds is 2. The van der Waals surface area contributed by atoms with Crippen molar-refractivity contribution in [3.8, 4) is 0 Å².